The number of anilines is 2. The van der Waals surface area contributed by atoms with Gasteiger partial charge in [-0.1, -0.05) is 0 Å². The van der Waals surface area contributed by atoms with Crippen LogP contribution < -0.4 is 11.5 Å². The van der Waals surface area contributed by atoms with Crippen LogP contribution >= 0.6 is 15.3 Å². The lowest BCUT2D eigenvalue weighted by Gasteiger charge is -2.26. The molecule has 7 heterocycles. The molecule has 3 aliphatic heterocycles. The number of ether oxygens (including phenoxy) is 2. The fourth-order valence-corrected chi connectivity index (χ4v) is 7.45. The Bertz CT molecular complexity index is 1840. The maximum absolute atomic E-state index is 15.9. The van der Waals surface area contributed by atoms with Gasteiger partial charge in [-0.3, -0.25) is 22.7 Å². The Hall–Kier alpha value is -3.13. The van der Waals surface area contributed by atoms with Gasteiger partial charge in [0.2, 0.25) is 0 Å². The van der Waals surface area contributed by atoms with E-state index in [2.05, 4.69) is 24.9 Å². The highest BCUT2D eigenvalue weighted by Gasteiger charge is 2.54. The fraction of sp³-hybridized carbons (Fsp3) is 0.476. The smallest absolute Gasteiger partial charge is 0.397 e. The zero-order valence-corrected chi connectivity index (χ0v) is 24.4. The lowest BCUT2D eigenvalue weighted by Crippen LogP contribution is -2.34. The van der Waals surface area contributed by atoms with E-state index in [9.17, 15) is 14.0 Å². The van der Waals surface area contributed by atoms with Crippen molar-refractivity contribution < 1.29 is 50.4 Å². The average Bonchev–Trinajstić information content (AvgIpc) is 3.73. The van der Waals surface area contributed by atoms with Crippen LogP contribution in [0.15, 0.2) is 31.2 Å². The van der Waals surface area contributed by atoms with Crippen molar-refractivity contribution in [3.63, 3.8) is 0 Å². The summed E-state index contributed by atoms with van der Waals surface area (Å²) in [5, 5.41) is 0. The summed E-state index contributed by atoms with van der Waals surface area (Å²) in [6, 6.07) is 1.52. The van der Waals surface area contributed by atoms with Crippen molar-refractivity contribution in [1.29, 1.82) is 0 Å². The van der Waals surface area contributed by atoms with Gasteiger partial charge in [-0.2, -0.15) is 0 Å². The summed E-state index contributed by atoms with van der Waals surface area (Å²) in [5.74, 6) is 0.0332. The normalized spacial score (nSPS) is 38.2. The number of alkyl halides is 2. The third-order valence-electron chi connectivity index (χ3n) is 7.40. The first-order chi connectivity index (χ1) is 20.9. The molecule has 0 aromatic carbocycles. The molecular formula is C21H24BF2N9O9P2. The molecule has 10 atom stereocenters. The van der Waals surface area contributed by atoms with Crippen molar-refractivity contribution in [2.75, 3.05) is 24.7 Å². The zero-order valence-electron chi connectivity index (χ0n) is 22.6. The van der Waals surface area contributed by atoms with E-state index in [1.54, 1.807) is 0 Å². The van der Waals surface area contributed by atoms with Crippen molar-refractivity contribution in [3.05, 3.63) is 31.2 Å². The van der Waals surface area contributed by atoms with E-state index in [1.807, 2.05) is 0 Å². The van der Waals surface area contributed by atoms with E-state index in [-0.39, 0.29) is 22.6 Å². The predicted octanol–water partition coefficient (Wildman–Crippen LogP) is 0.565. The molecule has 44 heavy (non-hydrogen) atoms. The van der Waals surface area contributed by atoms with Crippen LogP contribution in [0.5, 0.6) is 0 Å². The van der Waals surface area contributed by atoms with Gasteiger partial charge in [-0.05, 0) is 6.07 Å². The number of fused-ring (bicyclic) bond motifs is 5. The van der Waals surface area contributed by atoms with E-state index in [1.165, 1.54) is 34.1 Å². The van der Waals surface area contributed by atoms with Crippen molar-refractivity contribution in [3.8, 4) is 0 Å². The number of aromatic nitrogens is 7. The van der Waals surface area contributed by atoms with E-state index < -0.39 is 77.7 Å². The summed E-state index contributed by atoms with van der Waals surface area (Å²) in [4.78, 5) is 30.9. The molecule has 18 nitrogen and oxygen atoms in total. The van der Waals surface area contributed by atoms with Gasteiger partial charge in [0, 0.05) is 6.20 Å². The van der Waals surface area contributed by atoms with Crippen LogP contribution in [0.25, 0.3) is 22.3 Å². The minimum absolute atomic E-state index is 0.0332. The molecule has 3 fully saturated rings. The number of nitrogens with two attached hydrogens (primary N) is 2. The number of phosphoric ester groups is 1. The third-order valence-corrected chi connectivity index (χ3v) is 9.63. The van der Waals surface area contributed by atoms with Crippen LogP contribution in [0.1, 0.15) is 12.5 Å². The van der Waals surface area contributed by atoms with E-state index in [0.29, 0.717) is 11.2 Å². The second-order valence-electron chi connectivity index (χ2n) is 10.3. The monoisotopic (exact) mass is 657 g/mol. The Morgan fingerprint density at radius 3 is 2.34 bits per heavy atom. The summed E-state index contributed by atoms with van der Waals surface area (Å²) < 4.78 is 93.8. The molecule has 3 aliphatic rings. The first-order valence-electron chi connectivity index (χ1n) is 13.1. The summed E-state index contributed by atoms with van der Waals surface area (Å²) in [6.45, 7) is -1.49. The summed E-state index contributed by atoms with van der Waals surface area (Å²) in [7, 11) is -8.16. The zero-order chi connectivity index (χ0) is 31.0. The molecule has 0 aliphatic carbocycles. The quantitative estimate of drug-likeness (QED) is 0.197. The standard InChI is InChI=1S/C21H24BF2N9O9P2/c22-43(34)37-4-10-15(12(24)20(40-10)32-7-31-14-17(26)28-5-29-19(14)32)42-44(35,36)38-3-9-11(23)16(41-43)21(39-9)33-6-30-13-8(25)1-2-27-18(13)33/h1-2,5-7,9-12,15-16,20-21H,3-4,22H2,(H2,25,27)(H,35,36)(H2,26,28,29)/t9-,10-,11-,12-,15-,16-,20-,21-,43-/m1/s1. The molecule has 7 rings (SSSR count). The Morgan fingerprint density at radius 2 is 1.55 bits per heavy atom. The Labute approximate surface area is 246 Å². The molecule has 3 saturated heterocycles. The van der Waals surface area contributed by atoms with Crippen LogP contribution in [0, 0.1) is 0 Å². The van der Waals surface area contributed by atoms with Gasteiger partial charge in [-0.25, -0.2) is 38.3 Å². The number of hydrogen-bond acceptors (Lipinski definition) is 15. The van der Waals surface area contributed by atoms with E-state index in [4.69, 9.17) is 39.0 Å². The van der Waals surface area contributed by atoms with Crippen molar-refractivity contribution in [2.45, 2.75) is 49.2 Å². The minimum Gasteiger partial charge on any atom is -0.397 e. The molecule has 234 valence electrons. The molecule has 1 unspecified atom stereocenters. The molecule has 23 heteroatoms. The van der Waals surface area contributed by atoms with Gasteiger partial charge in [0.1, 0.15) is 41.8 Å². The second kappa shape index (κ2) is 10.7. The molecule has 0 radical (unpaired) electrons. The van der Waals surface area contributed by atoms with Gasteiger partial charge in [0.05, 0.1) is 31.6 Å². The number of halogens is 2. The lowest BCUT2D eigenvalue weighted by atomic mass is 10.1. The number of pyridine rings is 1. The van der Waals surface area contributed by atoms with Crippen molar-refractivity contribution in [2.24, 2.45) is 0 Å². The first-order valence-corrected chi connectivity index (χ1v) is 16.6. The minimum atomic E-state index is -5.09. The highest BCUT2D eigenvalue weighted by molar-refractivity contribution is 7.79. The molecule has 4 aromatic rings. The van der Waals surface area contributed by atoms with Gasteiger partial charge < -0.3 is 34.9 Å². The number of hydrogen-bond donors (Lipinski definition) is 3. The topological polar surface area (TPSA) is 236 Å². The van der Waals surface area contributed by atoms with Crippen LogP contribution in [0.3, 0.4) is 0 Å². The summed E-state index contributed by atoms with van der Waals surface area (Å²) >= 11 is 0. The molecule has 2 bridgehead atoms. The van der Waals surface area contributed by atoms with Crippen molar-refractivity contribution in [1.82, 2.24) is 34.1 Å². The largest absolute Gasteiger partial charge is 0.472 e. The van der Waals surface area contributed by atoms with Gasteiger partial charge in [0.25, 0.3) is 15.0 Å². The van der Waals surface area contributed by atoms with Gasteiger partial charge in [-0.15, -0.1) is 0 Å². The predicted molar refractivity (Wildman–Crippen MR) is 147 cm³/mol. The van der Waals surface area contributed by atoms with Crippen molar-refractivity contribution >= 4 is 56.7 Å². The van der Waals surface area contributed by atoms with Crippen LogP contribution in [0.4, 0.5) is 20.3 Å². The maximum atomic E-state index is 15.9. The molecule has 4 aromatic heterocycles. The van der Waals surface area contributed by atoms with Gasteiger partial charge in [0.15, 0.2) is 41.9 Å². The molecule has 0 saturated carbocycles. The fourth-order valence-electron chi connectivity index (χ4n) is 5.35. The van der Waals surface area contributed by atoms with Gasteiger partial charge >= 0.3 is 7.82 Å². The number of rotatable bonds is 2. The van der Waals surface area contributed by atoms with E-state index >= 15 is 8.78 Å². The van der Waals surface area contributed by atoms with Crippen LogP contribution in [-0.4, -0.2) is 96.5 Å². The van der Waals surface area contributed by atoms with E-state index in [0.717, 1.165) is 13.9 Å². The van der Waals surface area contributed by atoms with Crippen LogP contribution in [-0.2, 0) is 36.7 Å². The molecular weight excluding hydrogens is 633 g/mol. The Balaban J connectivity index is 1.20. The lowest BCUT2D eigenvalue weighted by molar-refractivity contribution is -0.0613. The second-order valence-corrected chi connectivity index (χ2v) is 13.7. The number of imidazole rings is 2. The number of phosphoric acid groups is 1. The number of nitrogens with zero attached hydrogens (tertiary/aromatic N) is 7. The SMILES string of the molecule is B[P@@]1(=O)OC[C@H]2O[C@@H](n3cnc4c(N)ncnc43)[C@H](F)[C@@H]2OP(=O)(O)OC[C@H]2O[C@@H](n3cnc4c(N)ccnc43)[C@H](O1)[C@@H]2F. The highest BCUT2D eigenvalue weighted by atomic mass is 31.2. The Kier molecular flexibility index (Phi) is 7.23. The third kappa shape index (κ3) is 5.07. The summed E-state index contributed by atoms with van der Waals surface area (Å²) in [6.07, 6.45) is -8.28. The first kappa shape index (κ1) is 29.6. The highest BCUT2D eigenvalue weighted by Crippen LogP contribution is 2.54. The van der Waals surface area contributed by atoms with Crippen LogP contribution in [0.2, 0.25) is 0 Å². The molecule has 0 amide bonds. The maximum Gasteiger partial charge on any atom is 0.472 e. The number of nitrogen functional groups attached to an aromatic ring is 2. The molecule has 0 spiro atoms. The molecule has 5 N–H and O–H groups in total. The Morgan fingerprint density at radius 1 is 0.864 bits per heavy atom. The average molecular weight is 657 g/mol. The summed E-state index contributed by atoms with van der Waals surface area (Å²) in [5.41, 5.74) is 12.9.